The van der Waals surface area contributed by atoms with Gasteiger partial charge in [0.05, 0.1) is 0 Å². The Morgan fingerprint density at radius 1 is 0.774 bits per heavy atom. The van der Waals surface area contributed by atoms with Gasteiger partial charge in [0.15, 0.2) is 5.60 Å². The number of amides is 1. The van der Waals surface area contributed by atoms with Gasteiger partial charge in [-0.25, -0.2) is 4.79 Å². The summed E-state index contributed by atoms with van der Waals surface area (Å²) in [6, 6.07) is 0. The number of ether oxygens (including phenoxy) is 2. The smallest absolute Gasteiger partial charge is 0.407 e. The molecule has 0 aromatic carbocycles. The Hall–Kier alpha value is -1.21. The minimum atomic E-state index is -0.805. The molecule has 4 heteroatoms. The first-order valence-electron chi connectivity index (χ1n) is 13.1. The molecule has 0 saturated heterocycles. The van der Waals surface area contributed by atoms with Crippen molar-refractivity contribution in [3.63, 3.8) is 0 Å². The zero-order valence-corrected chi connectivity index (χ0v) is 20.9. The standard InChI is InChI=1S/C27H51NO3/c1-5-8-9-10-11-12-13-14-15-16-17-18-19-20-21-22-24-28-26(29)31-25-27(7-3,30-4)23-6-2/h3H,5-6,8-25H2,1-2,4H3,(H,28,29). The highest BCUT2D eigenvalue weighted by molar-refractivity contribution is 5.67. The molecule has 0 rings (SSSR count). The van der Waals surface area contributed by atoms with Gasteiger partial charge < -0.3 is 14.8 Å². The van der Waals surface area contributed by atoms with Gasteiger partial charge in [0.25, 0.3) is 0 Å². The van der Waals surface area contributed by atoms with E-state index in [0.717, 1.165) is 19.3 Å². The third-order valence-electron chi connectivity index (χ3n) is 6.04. The van der Waals surface area contributed by atoms with Crippen LogP contribution in [0.1, 0.15) is 129 Å². The normalized spacial score (nSPS) is 12.8. The molecule has 0 aliphatic carbocycles. The monoisotopic (exact) mass is 437 g/mol. The van der Waals surface area contributed by atoms with Crippen LogP contribution in [-0.4, -0.2) is 32.0 Å². The average molecular weight is 438 g/mol. The lowest BCUT2D eigenvalue weighted by Gasteiger charge is -2.25. The molecule has 1 N–H and O–H groups in total. The molecule has 1 amide bonds. The molecular formula is C27H51NO3. The number of nitrogens with one attached hydrogen (secondary N) is 1. The van der Waals surface area contributed by atoms with Crippen LogP contribution in [0.5, 0.6) is 0 Å². The van der Waals surface area contributed by atoms with Crippen molar-refractivity contribution < 1.29 is 14.3 Å². The van der Waals surface area contributed by atoms with E-state index in [9.17, 15) is 4.79 Å². The Morgan fingerprint density at radius 3 is 1.61 bits per heavy atom. The molecule has 0 bridgehead atoms. The maximum Gasteiger partial charge on any atom is 0.407 e. The quantitative estimate of drug-likeness (QED) is 0.139. The molecule has 4 nitrogen and oxygen atoms in total. The lowest BCUT2D eigenvalue weighted by molar-refractivity contribution is -0.0193. The van der Waals surface area contributed by atoms with Gasteiger partial charge in [-0.3, -0.25) is 0 Å². The van der Waals surface area contributed by atoms with E-state index in [1.54, 1.807) is 7.11 Å². The van der Waals surface area contributed by atoms with Crippen molar-refractivity contribution in [1.82, 2.24) is 5.32 Å². The second-order valence-electron chi connectivity index (χ2n) is 8.90. The lowest BCUT2D eigenvalue weighted by Crippen LogP contribution is -2.38. The summed E-state index contributed by atoms with van der Waals surface area (Å²) < 4.78 is 10.6. The molecule has 31 heavy (non-hydrogen) atoms. The van der Waals surface area contributed by atoms with E-state index < -0.39 is 11.7 Å². The molecule has 0 aromatic rings. The molecule has 0 radical (unpaired) electrons. The summed E-state index contributed by atoms with van der Waals surface area (Å²) in [5.74, 6) is 2.62. The van der Waals surface area contributed by atoms with Gasteiger partial charge in [-0.05, 0) is 12.8 Å². The molecule has 182 valence electrons. The molecule has 0 aliphatic rings. The van der Waals surface area contributed by atoms with Crippen molar-refractivity contribution in [3.05, 3.63) is 0 Å². The maximum atomic E-state index is 11.8. The fourth-order valence-electron chi connectivity index (χ4n) is 3.91. The average Bonchev–Trinajstić information content (AvgIpc) is 2.78. The number of rotatable bonds is 22. The van der Waals surface area contributed by atoms with Crippen LogP contribution >= 0.6 is 0 Å². The van der Waals surface area contributed by atoms with Crippen LogP contribution in [0, 0.1) is 12.3 Å². The van der Waals surface area contributed by atoms with Crippen molar-refractivity contribution in [3.8, 4) is 12.3 Å². The Bertz CT molecular complexity index is 446. The van der Waals surface area contributed by atoms with E-state index in [1.807, 2.05) is 6.92 Å². The third-order valence-corrected chi connectivity index (χ3v) is 6.04. The number of carbonyl (C=O) groups excluding carboxylic acids is 1. The number of terminal acetylenes is 1. The van der Waals surface area contributed by atoms with E-state index in [4.69, 9.17) is 15.9 Å². The summed E-state index contributed by atoms with van der Waals surface area (Å²) in [6.45, 7) is 5.06. The fraction of sp³-hybridized carbons (Fsp3) is 0.889. The topological polar surface area (TPSA) is 47.6 Å². The summed E-state index contributed by atoms with van der Waals surface area (Å²) in [6.07, 6.45) is 28.2. The SMILES string of the molecule is C#CC(CCC)(COC(=O)NCCCCCCCCCCCCCCCCCC)OC. The van der Waals surface area contributed by atoms with E-state index in [-0.39, 0.29) is 6.61 Å². The van der Waals surface area contributed by atoms with Crippen LogP contribution in [-0.2, 0) is 9.47 Å². The van der Waals surface area contributed by atoms with E-state index >= 15 is 0 Å². The minimum Gasteiger partial charge on any atom is -0.445 e. The number of hydrogen-bond donors (Lipinski definition) is 1. The van der Waals surface area contributed by atoms with Crippen molar-refractivity contribution in [2.45, 2.75) is 135 Å². The number of hydrogen-bond acceptors (Lipinski definition) is 3. The van der Waals surface area contributed by atoms with Gasteiger partial charge in [-0.15, -0.1) is 6.42 Å². The van der Waals surface area contributed by atoms with Crippen LogP contribution in [0.4, 0.5) is 4.79 Å². The predicted octanol–water partition coefficient (Wildman–Crippen LogP) is 7.79. The Kier molecular flexibility index (Phi) is 21.1. The second kappa shape index (κ2) is 22.0. The first-order chi connectivity index (χ1) is 15.1. The van der Waals surface area contributed by atoms with Crippen molar-refractivity contribution in [2.24, 2.45) is 0 Å². The molecule has 0 aliphatic heterocycles. The highest BCUT2D eigenvalue weighted by Gasteiger charge is 2.28. The first-order valence-corrected chi connectivity index (χ1v) is 13.1. The number of unbranched alkanes of at least 4 members (excludes halogenated alkanes) is 15. The maximum absolute atomic E-state index is 11.8. The fourth-order valence-corrected chi connectivity index (χ4v) is 3.91. The highest BCUT2D eigenvalue weighted by Crippen LogP contribution is 2.17. The Labute approximate surface area is 193 Å². The van der Waals surface area contributed by atoms with Crippen LogP contribution in [0.2, 0.25) is 0 Å². The molecule has 1 atom stereocenters. The van der Waals surface area contributed by atoms with Crippen molar-refractivity contribution in [2.75, 3.05) is 20.3 Å². The van der Waals surface area contributed by atoms with Gasteiger partial charge in [0.1, 0.15) is 6.61 Å². The molecule has 0 spiro atoms. The van der Waals surface area contributed by atoms with Crippen molar-refractivity contribution in [1.29, 1.82) is 0 Å². The van der Waals surface area contributed by atoms with Gasteiger partial charge in [-0.2, -0.15) is 0 Å². The zero-order chi connectivity index (χ0) is 23.0. The largest absolute Gasteiger partial charge is 0.445 e. The summed E-state index contributed by atoms with van der Waals surface area (Å²) >= 11 is 0. The number of carbonyl (C=O) groups is 1. The summed E-state index contributed by atoms with van der Waals surface area (Å²) in [4.78, 5) is 11.8. The summed E-state index contributed by atoms with van der Waals surface area (Å²) in [5, 5.41) is 2.81. The Morgan fingerprint density at radius 2 is 1.23 bits per heavy atom. The molecular weight excluding hydrogens is 386 g/mol. The van der Waals surface area contributed by atoms with Crippen LogP contribution < -0.4 is 5.32 Å². The Balaban J connectivity index is 3.39. The van der Waals surface area contributed by atoms with Crippen LogP contribution in [0.15, 0.2) is 0 Å². The summed E-state index contributed by atoms with van der Waals surface area (Å²) in [7, 11) is 1.56. The third kappa shape index (κ3) is 18.1. The van der Waals surface area contributed by atoms with E-state index in [2.05, 4.69) is 18.2 Å². The number of alkyl carbamates (subject to hydrolysis) is 1. The van der Waals surface area contributed by atoms with Crippen LogP contribution in [0.25, 0.3) is 0 Å². The molecule has 0 fully saturated rings. The molecule has 0 heterocycles. The van der Waals surface area contributed by atoms with E-state index in [0.29, 0.717) is 13.0 Å². The van der Waals surface area contributed by atoms with Gasteiger partial charge in [-0.1, -0.05) is 123 Å². The molecule has 0 aromatic heterocycles. The van der Waals surface area contributed by atoms with Crippen LogP contribution in [0.3, 0.4) is 0 Å². The molecule has 1 unspecified atom stereocenters. The van der Waals surface area contributed by atoms with Gasteiger partial charge >= 0.3 is 6.09 Å². The zero-order valence-electron chi connectivity index (χ0n) is 20.9. The lowest BCUT2D eigenvalue weighted by atomic mass is 10.0. The second-order valence-corrected chi connectivity index (χ2v) is 8.90. The number of methoxy groups -OCH3 is 1. The minimum absolute atomic E-state index is 0.0959. The van der Waals surface area contributed by atoms with Gasteiger partial charge in [0, 0.05) is 13.7 Å². The van der Waals surface area contributed by atoms with Crippen molar-refractivity contribution >= 4 is 6.09 Å². The van der Waals surface area contributed by atoms with Gasteiger partial charge in [0.2, 0.25) is 0 Å². The highest BCUT2D eigenvalue weighted by atomic mass is 16.6. The van der Waals surface area contributed by atoms with E-state index in [1.165, 1.54) is 89.9 Å². The predicted molar refractivity (Wildman–Crippen MR) is 132 cm³/mol. The first kappa shape index (κ1) is 29.8. The molecule has 0 saturated carbocycles. The summed E-state index contributed by atoms with van der Waals surface area (Å²) in [5.41, 5.74) is -0.805.